The minimum atomic E-state index is -0.192. The Kier molecular flexibility index (Phi) is 2.88. The first kappa shape index (κ1) is 9.99. The lowest BCUT2D eigenvalue weighted by Crippen LogP contribution is -2.39. The quantitative estimate of drug-likeness (QED) is 0.740. The van der Waals surface area contributed by atoms with Crippen molar-refractivity contribution in [1.82, 2.24) is 4.98 Å². The standard InChI is InChI=1S/C10H17N3/c1-8-9(5-4-6-12-8)13-7-10(2,3)11/h4-6,13H,7,11H2,1-3H3. The van der Waals surface area contributed by atoms with E-state index >= 15 is 0 Å². The number of rotatable bonds is 3. The second-order valence-electron chi connectivity index (χ2n) is 3.98. The highest BCUT2D eigenvalue weighted by molar-refractivity contribution is 5.46. The van der Waals surface area contributed by atoms with Crippen LogP contribution in [0.2, 0.25) is 0 Å². The van der Waals surface area contributed by atoms with Gasteiger partial charge in [-0.2, -0.15) is 0 Å². The molecule has 0 amide bonds. The van der Waals surface area contributed by atoms with Crippen LogP contribution in [0.15, 0.2) is 18.3 Å². The van der Waals surface area contributed by atoms with Gasteiger partial charge in [-0.3, -0.25) is 4.98 Å². The molecule has 0 spiro atoms. The van der Waals surface area contributed by atoms with Crippen LogP contribution in [0.25, 0.3) is 0 Å². The van der Waals surface area contributed by atoms with E-state index < -0.39 is 0 Å². The zero-order valence-electron chi connectivity index (χ0n) is 8.46. The smallest absolute Gasteiger partial charge is 0.0603 e. The van der Waals surface area contributed by atoms with Gasteiger partial charge in [-0.05, 0) is 32.9 Å². The molecule has 0 saturated heterocycles. The average Bonchev–Trinajstić information content (AvgIpc) is 2.01. The number of pyridine rings is 1. The van der Waals surface area contributed by atoms with E-state index in [0.29, 0.717) is 0 Å². The molecule has 1 heterocycles. The summed E-state index contributed by atoms with van der Waals surface area (Å²) in [6.07, 6.45) is 1.79. The maximum Gasteiger partial charge on any atom is 0.0603 e. The van der Waals surface area contributed by atoms with Crippen molar-refractivity contribution >= 4 is 5.69 Å². The summed E-state index contributed by atoms with van der Waals surface area (Å²) < 4.78 is 0. The fourth-order valence-corrected chi connectivity index (χ4v) is 0.994. The largest absolute Gasteiger partial charge is 0.382 e. The first-order valence-corrected chi connectivity index (χ1v) is 4.43. The Bertz CT molecular complexity index is 276. The van der Waals surface area contributed by atoms with Crippen LogP contribution in [-0.2, 0) is 0 Å². The Morgan fingerprint density at radius 1 is 1.54 bits per heavy atom. The van der Waals surface area contributed by atoms with Gasteiger partial charge >= 0.3 is 0 Å². The van der Waals surface area contributed by atoms with E-state index in [4.69, 9.17) is 5.73 Å². The van der Waals surface area contributed by atoms with Gasteiger partial charge in [0, 0.05) is 18.3 Å². The van der Waals surface area contributed by atoms with E-state index in [1.54, 1.807) is 6.20 Å². The predicted molar refractivity (Wildman–Crippen MR) is 55.7 cm³/mol. The molecule has 0 fully saturated rings. The molecule has 0 unspecified atom stereocenters. The highest BCUT2D eigenvalue weighted by Gasteiger charge is 2.10. The molecule has 0 aliphatic rings. The number of nitrogens with two attached hydrogens (primary N) is 1. The number of aryl methyl sites for hydroxylation is 1. The van der Waals surface area contributed by atoms with Crippen molar-refractivity contribution in [3.8, 4) is 0 Å². The Balaban J connectivity index is 2.60. The van der Waals surface area contributed by atoms with Gasteiger partial charge in [0.05, 0.1) is 11.4 Å². The number of anilines is 1. The van der Waals surface area contributed by atoms with Crippen LogP contribution in [0.1, 0.15) is 19.5 Å². The molecule has 0 aliphatic carbocycles. The first-order chi connectivity index (χ1) is 5.99. The number of nitrogens with one attached hydrogen (secondary N) is 1. The summed E-state index contributed by atoms with van der Waals surface area (Å²) in [4.78, 5) is 4.18. The van der Waals surface area contributed by atoms with Gasteiger partial charge in [0.1, 0.15) is 0 Å². The van der Waals surface area contributed by atoms with E-state index in [9.17, 15) is 0 Å². The summed E-state index contributed by atoms with van der Waals surface area (Å²) >= 11 is 0. The molecule has 3 nitrogen and oxygen atoms in total. The van der Waals surface area contributed by atoms with E-state index in [1.807, 2.05) is 32.9 Å². The molecule has 0 aliphatic heterocycles. The van der Waals surface area contributed by atoms with E-state index in [-0.39, 0.29) is 5.54 Å². The Labute approximate surface area is 79.4 Å². The molecule has 0 aromatic carbocycles. The van der Waals surface area contributed by atoms with Crippen molar-refractivity contribution in [2.24, 2.45) is 5.73 Å². The summed E-state index contributed by atoms with van der Waals surface area (Å²) in [6.45, 7) is 6.71. The Morgan fingerprint density at radius 2 is 2.23 bits per heavy atom. The van der Waals surface area contributed by atoms with Crippen molar-refractivity contribution in [3.05, 3.63) is 24.0 Å². The van der Waals surface area contributed by atoms with Crippen molar-refractivity contribution < 1.29 is 0 Å². The van der Waals surface area contributed by atoms with Crippen LogP contribution in [0, 0.1) is 6.92 Å². The predicted octanol–water partition coefficient (Wildman–Crippen LogP) is 1.54. The molecular formula is C10H17N3. The van der Waals surface area contributed by atoms with Crippen LogP contribution in [-0.4, -0.2) is 17.1 Å². The SMILES string of the molecule is Cc1ncccc1NCC(C)(C)N. The molecule has 1 rings (SSSR count). The van der Waals surface area contributed by atoms with Crippen LogP contribution in [0.4, 0.5) is 5.69 Å². The van der Waals surface area contributed by atoms with Crippen molar-refractivity contribution in [1.29, 1.82) is 0 Å². The topological polar surface area (TPSA) is 50.9 Å². The van der Waals surface area contributed by atoms with E-state index in [0.717, 1.165) is 17.9 Å². The third-order valence-electron chi connectivity index (χ3n) is 1.74. The maximum absolute atomic E-state index is 5.85. The lowest BCUT2D eigenvalue weighted by atomic mass is 10.1. The summed E-state index contributed by atoms with van der Waals surface area (Å²) in [5.74, 6) is 0. The number of hydrogen-bond acceptors (Lipinski definition) is 3. The lowest BCUT2D eigenvalue weighted by molar-refractivity contribution is 0.549. The minimum absolute atomic E-state index is 0.192. The molecule has 72 valence electrons. The second kappa shape index (κ2) is 3.75. The van der Waals surface area contributed by atoms with Gasteiger partial charge in [0.2, 0.25) is 0 Å². The van der Waals surface area contributed by atoms with Gasteiger partial charge < -0.3 is 11.1 Å². The Hall–Kier alpha value is -1.09. The lowest BCUT2D eigenvalue weighted by Gasteiger charge is -2.20. The fraction of sp³-hybridized carbons (Fsp3) is 0.500. The van der Waals surface area contributed by atoms with Gasteiger partial charge in [-0.25, -0.2) is 0 Å². The minimum Gasteiger partial charge on any atom is -0.382 e. The summed E-state index contributed by atoms with van der Waals surface area (Å²) in [5, 5.41) is 3.27. The van der Waals surface area contributed by atoms with Crippen LogP contribution < -0.4 is 11.1 Å². The Morgan fingerprint density at radius 3 is 2.77 bits per heavy atom. The second-order valence-corrected chi connectivity index (χ2v) is 3.98. The molecule has 0 bridgehead atoms. The summed E-state index contributed by atoms with van der Waals surface area (Å²) in [7, 11) is 0. The molecule has 0 radical (unpaired) electrons. The third kappa shape index (κ3) is 3.42. The normalized spacial score (nSPS) is 11.4. The maximum atomic E-state index is 5.85. The van der Waals surface area contributed by atoms with Gasteiger partial charge in [0.15, 0.2) is 0 Å². The van der Waals surface area contributed by atoms with Crippen LogP contribution in [0.3, 0.4) is 0 Å². The van der Waals surface area contributed by atoms with E-state index in [2.05, 4.69) is 10.3 Å². The molecule has 1 aromatic heterocycles. The molecule has 0 atom stereocenters. The molecule has 13 heavy (non-hydrogen) atoms. The molecule has 1 aromatic rings. The number of aromatic nitrogens is 1. The van der Waals surface area contributed by atoms with Crippen LogP contribution in [0.5, 0.6) is 0 Å². The number of nitrogens with zero attached hydrogens (tertiary/aromatic N) is 1. The fourth-order valence-electron chi connectivity index (χ4n) is 0.994. The highest BCUT2D eigenvalue weighted by atomic mass is 14.9. The van der Waals surface area contributed by atoms with E-state index in [1.165, 1.54) is 0 Å². The third-order valence-corrected chi connectivity index (χ3v) is 1.74. The number of hydrogen-bond donors (Lipinski definition) is 2. The van der Waals surface area contributed by atoms with Gasteiger partial charge in [-0.1, -0.05) is 0 Å². The zero-order valence-corrected chi connectivity index (χ0v) is 8.46. The zero-order chi connectivity index (χ0) is 9.90. The van der Waals surface area contributed by atoms with Gasteiger partial charge in [0.25, 0.3) is 0 Å². The van der Waals surface area contributed by atoms with Gasteiger partial charge in [-0.15, -0.1) is 0 Å². The van der Waals surface area contributed by atoms with Crippen molar-refractivity contribution in [2.75, 3.05) is 11.9 Å². The molecular weight excluding hydrogens is 162 g/mol. The molecule has 3 heteroatoms. The summed E-state index contributed by atoms with van der Waals surface area (Å²) in [5.41, 5.74) is 7.72. The monoisotopic (exact) mass is 179 g/mol. The average molecular weight is 179 g/mol. The molecule has 3 N–H and O–H groups in total. The highest BCUT2D eigenvalue weighted by Crippen LogP contribution is 2.11. The summed E-state index contributed by atoms with van der Waals surface area (Å²) in [6, 6.07) is 3.92. The molecule has 0 saturated carbocycles. The van der Waals surface area contributed by atoms with Crippen LogP contribution >= 0.6 is 0 Å². The first-order valence-electron chi connectivity index (χ1n) is 4.43. The van der Waals surface area contributed by atoms with Crippen molar-refractivity contribution in [2.45, 2.75) is 26.3 Å². The van der Waals surface area contributed by atoms with Crippen molar-refractivity contribution in [3.63, 3.8) is 0 Å².